The van der Waals surface area contributed by atoms with Crippen molar-refractivity contribution in [3.8, 4) is 0 Å². The predicted molar refractivity (Wildman–Crippen MR) is 81.7 cm³/mol. The van der Waals surface area contributed by atoms with Gasteiger partial charge >= 0.3 is 0 Å². The van der Waals surface area contributed by atoms with Crippen molar-refractivity contribution in [2.75, 3.05) is 0 Å². The second kappa shape index (κ2) is 5.61. The van der Waals surface area contributed by atoms with Gasteiger partial charge in [0.1, 0.15) is 0 Å². The first-order valence-electron chi connectivity index (χ1n) is 7.53. The molecule has 0 spiro atoms. The molecule has 19 heavy (non-hydrogen) atoms. The van der Waals surface area contributed by atoms with Crippen LogP contribution in [0.5, 0.6) is 0 Å². The average Bonchev–Trinajstić information content (AvgIpc) is 2.43. The molecule has 6 rings (SSSR count). The van der Waals surface area contributed by atoms with Crippen molar-refractivity contribution in [1.82, 2.24) is 0 Å². The van der Waals surface area contributed by atoms with Gasteiger partial charge in [-0.3, -0.25) is 0 Å². The van der Waals surface area contributed by atoms with E-state index >= 15 is 0 Å². The fourth-order valence-electron chi connectivity index (χ4n) is 3.02. The minimum absolute atomic E-state index is 1.16. The zero-order chi connectivity index (χ0) is 13.1. The minimum Gasteiger partial charge on any atom is -0.0651 e. The van der Waals surface area contributed by atoms with E-state index in [1.165, 1.54) is 36.0 Å². The second-order valence-corrected chi connectivity index (χ2v) is 5.67. The van der Waals surface area contributed by atoms with Gasteiger partial charge in [0, 0.05) is 0 Å². The number of rotatable bonds is 2. The fourth-order valence-corrected chi connectivity index (χ4v) is 3.02. The van der Waals surface area contributed by atoms with Crippen LogP contribution in [0.25, 0.3) is 0 Å². The van der Waals surface area contributed by atoms with E-state index in [1.54, 1.807) is 11.1 Å². The molecule has 0 aliphatic heterocycles. The highest BCUT2D eigenvalue weighted by Crippen LogP contribution is 2.20. The predicted octanol–water partition coefficient (Wildman–Crippen LogP) is 4.52. The highest BCUT2D eigenvalue weighted by molar-refractivity contribution is 5.35. The standard InChI is InChI=1S/C19H22/c1-2-3-19-14-17-9-8-15-4-6-16(7-5-15)10-12-18(19)13-11-17/h4-7,11,13-14H,2-3,8-10,12H2,1H3. The van der Waals surface area contributed by atoms with E-state index in [0.29, 0.717) is 0 Å². The van der Waals surface area contributed by atoms with Gasteiger partial charge in [0.2, 0.25) is 0 Å². The number of hydrogen-bond donors (Lipinski definition) is 0. The summed E-state index contributed by atoms with van der Waals surface area (Å²) in [6.45, 7) is 2.28. The van der Waals surface area contributed by atoms with Crippen LogP contribution in [0.3, 0.4) is 0 Å². The van der Waals surface area contributed by atoms with E-state index in [0.717, 1.165) is 19.3 Å². The lowest BCUT2D eigenvalue weighted by Crippen LogP contribution is -2.02. The molecule has 4 aliphatic carbocycles. The molecular weight excluding hydrogens is 228 g/mol. The molecule has 2 aromatic rings. The third-order valence-electron chi connectivity index (χ3n) is 4.20. The van der Waals surface area contributed by atoms with Crippen LogP contribution < -0.4 is 0 Å². The van der Waals surface area contributed by atoms with Gasteiger partial charge in [-0.25, -0.2) is 0 Å². The van der Waals surface area contributed by atoms with Crippen LogP contribution in [-0.4, -0.2) is 0 Å². The van der Waals surface area contributed by atoms with Gasteiger partial charge in [-0.15, -0.1) is 0 Å². The van der Waals surface area contributed by atoms with E-state index in [9.17, 15) is 0 Å². The van der Waals surface area contributed by atoms with Crippen LogP contribution in [0.1, 0.15) is 41.2 Å². The summed E-state index contributed by atoms with van der Waals surface area (Å²) in [6, 6.07) is 16.4. The Morgan fingerprint density at radius 1 is 0.737 bits per heavy atom. The molecule has 0 heteroatoms. The molecule has 0 nitrogen and oxygen atoms in total. The van der Waals surface area contributed by atoms with E-state index in [4.69, 9.17) is 0 Å². The summed E-state index contributed by atoms with van der Waals surface area (Å²) < 4.78 is 0. The lowest BCUT2D eigenvalue weighted by atomic mass is 9.92. The van der Waals surface area contributed by atoms with Gasteiger partial charge in [0.05, 0.1) is 0 Å². The summed E-state index contributed by atoms with van der Waals surface area (Å²) in [5.74, 6) is 0. The van der Waals surface area contributed by atoms with Crippen LogP contribution >= 0.6 is 0 Å². The summed E-state index contributed by atoms with van der Waals surface area (Å²) in [7, 11) is 0. The van der Waals surface area contributed by atoms with Gasteiger partial charge in [-0.05, 0) is 59.9 Å². The van der Waals surface area contributed by atoms with Crippen molar-refractivity contribution in [3.63, 3.8) is 0 Å². The molecule has 0 atom stereocenters. The highest BCUT2D eigenvalue weighted by atomic mass is 14.1. The molecule has 98 valence electrons. The van der Waals surface area contributed by atoms with Gasteiger partial charge < -0.3 is 0 Å². The lowest BCUT2D eigenvalue weighted by molar-refractivity contribution is 0.859. The molecule has 0 N–H and O–H groups in total. The van der Waals surface area contributed by atoms with E-state index in [-0.39, 0.29) is 0 Å². The Hall–Kier alpha value is -1.56. The Balaban J connectivity index is 1.96. The molecule has 4 bridgehead atoms. The Morgan fingerprint density at radius 2 is 1.32 bits per heavy atom. The van der Waals surface area contributed by atoms with Crippen molar-refractivity contribution >= 4 is 0 Å². The quantitative estimate of drug-likeness (QED) is 0.735. The van der Waals surface area contributed by atoms with Crippen molar-refractivity contribution in [3.05, 3.63) is 70.3 Å². The van der Waals surface area contributed by atoms with Crippen molar-refractivity contribution in [1.29, 1.82) is 0 Å². The zero-order valence-corrected chi connectivity index (χ0v) is 11.8. The molecular formula is C19H22. The molecule has 0 amide bonds. The number of hydrogen-bond acceptors (Lipinski definition) is 0. The summed E-state index contributed by atoms with van der Waals surface area (Å²) in [6.07, 6.45) is 7.12. The maximum Gasteiger partial charge on any atom is -0.0236 e. The molecule has 0 unspecified atom stereocenters. The number of benzene rings is 2. The SMILES string of the molecule is CCCc1cc2ccc1CCc1ccc(cc1)CC2. The third-order valence-corrected chi connectivity index (χ3v) is 4.20. The molecule has 0 fully saturated rings. The largest absolute Gasteiger partial charge is 0.0651 e. The molecule has 0 heterocycles. The summed E-state index contributed by atoms with van der Waals surface area (Å²) >= 11 is 0. The molecule has 0 aromatic heterocycles. The monoisotopic (exact) mass is 250 g/mol. The normalized spacial score (nSPS) is 14.2. The highest BCUT2D eigenvalue weighted by Gasteiger charge is 2.07. The van der Waals surface area contributed by atoms with Crippen LogP contribution in [0.4, 0.5) is 0 Å². The first-order chi connectivity index (χ1) is 9.35. The molecule has 0 saturated carbocycles. The van der Waals surface area contributed by atoms with Gasteiger partial charge in [0.25, 0.3) is 0 Å². The van der Waals surface area contributed by atoms with Gasteiger partial charge in [0.15, 0.2) is 0 Å². The zero-order valence-electron chi connectivity index (χ0n) is 11.8. The first kappa shape index (κ1) is 12.5. The van der Waals surface area contributed by atoms with E-state index in [2.05, 4.69) is 49.4 Å². The maximum atomic E-state index is 2.45. The fraction of sp³-hybridized carbons (Fsp3) is 0.368. The second-order valence-electron chi connectivity index (χ2n) is 5.67. The minimum atomic E-state index is 1.16. The Labute approximate surface area is 116 Å². The molecule has 0 saturated heterocycles. The van der Waals surface area contributed by atoms with Gasteiger partial charge in [-0.2, -0.15) is 0 Å². The topological polar surface area (TPSA) is 0 Å². The summed E-state index contributed by atoms with van der Waals surface area (Å²) in [5.41, 5.74) is 7.56. The number of aryl methyl sites for hydroxylation is 5. The Morgan fingerprint density at radius 3 is 2.00 bits per heavy atom. The first-order valence-corrected chi connectivity index (χ1v) is 7.53. The Bertz CT molecular complexity index is 549. The summed E-state index contributed by atoms with van der Waals surface area (Å²) in [4.78, 5) is 0. The van der Waals surface area contributed by atoms with Crippen LogP contribution in [0.15, 0.2) is 42.5 Å². The smallest absolute Gasteiger partial charge is 0.0236 e. The van der Waals surface area contributed by atoms with Crippen LogP contribution in [0.2, 0.25) is 0 Å². The third kappa shape index (κ3) is 2.89. The average molecular weight is 250 g/mol. The van der Waals surface area contributed by atoms with Crippen LogP contribution in [0, 0.1) is 0 Å². The molecule has 0 radical (unpaired) electrons. The van der Waals surface area contributed by atoms with Crippen molar-refractivity contribution < 1.29 is 0 Å². The van der Waals surface area contributed by atoms with Crippen LogP contribution in [-0.2, 0) is 32.1 Å². The van der Waals surface area contributed by atoms with E-state index < -0.39 is 0 Å². The Kier molecular flexibility index (Phi) is 3.68. The maximum absolute atomic E-state index is 2.45. The molecule has 2 aromatic carbocycles. The summed E-state index contributed by atoms with van der Waals surface area (Å²) in [5, 5.41) is 0. The molecule has 4 aliphatic rings. The van der Waals surface area contributed by atoms with Gasteiger partial charge in [-0.1, -0.05) is 55.8 Å². The van der Waals surface area contributed by atoms with Crippen molar-refractivity contribution in [2.24, 2.45) is 0 Å². The van der Waals surface area contributed by atoms with Crippen molar-refractivity contribution in [2.45, 2.75) is 45.4 Å². The lowest BCUT2D eigenvalue weighted by Gasteiger charge is -2.14. The van der Waals surface area contributed by atoms with E-state index in [1.807, 2.05) is 0 Å².